The Labute approximate surface area is 125 Å². The predicted molar refractivity (Wildman–Crippen MR) is 80.0 cm³/mol. The van der Waals surface area contributed by atoms with Crippen LogP contribution in [0.4, 0.5) is 0 Å². The number of carbonyl (C=O) groups is 1. The van der Waals surface area contributed by atoms with Crippen LogP contribution in [0, 0.1) is 0 Å². The summed E-state index contributed by atoms with van der Waals surface area (Å²) in [5.41, 5.74) is 0.820. The first-order valence-electron chi connectivity index (χ1n) is 7.77. The molecular weight excluding hydrogens is 268 g/mol. The summed E-state index contributed by atoms with van der Waals surface area (Å²) < 4.78 is 5.70. The van der Waals surface area contributed by atoms with E-state index in [1.54, 1.807) is 0 Å². The van der Waals surface area contributed by atoms with E-state index in [0.29, 0.717) is 12.1 Å². The second-order valence-corrected chi connectivity index (χ2v) is 6.23. The van der Waals surface area contributed by atoms with E-state index in [4.69, 9.17) is 4.74 Å². The van der Waals surface area contributed by atoms with Gasteiger partial charge in [0.15, 0.2) is 0 Å². The van der Waals surface area contributed by atoms with Crippen molar-refractivity contribution < 1.29 is 14.6 Å². The summed E-state index contributed by atoms with van der Waals surface area (Å²) in [6, 6.07) is 10.5. The molecular formula is C17H23NO3. The number of hydrogen-bond donors (Lipinski definition) is 1. The van der Waals surface area contributed by atoms with Gasteiger partial charge in [0.05, 0.1) is 6.61 Å². The standard InChI is InChI=1S/C17H23NO3/c1-18-13-7-8-14(18)10-15(9-13)21-17(20)16(11-19)12-5-3-2-4-6-12/h2-6,13-16,19H,7-11H2,1H3/t13-,14+,15?,16-/m1/s1/i17+2. The number of piperidine rings is 1. The molecule has 2 saturated heterocycles. The Balaban J connectivity index is 1.63. The summed E-state index contributed by atoms with van der Waals surface area (Å²) in [6.07, 6.45) is 4.26. The molecule has 3 rings (SSSR count). The molecule has 1 aromatic carbocycles. The van der Waals surface area contributed by atoms with E-state index in [0.717, 1.165) is 18.4 Å². The van der Waals surface area contributed by atoms with Crippen LogP contribution in [0.25, 0.3) is 0 Å². The lowest BCUT2D eigenvalue weighted by atomic mass is 10.0. The number of fused-ring (bicyclic) bond motifs is 2. The van der Waals surface area contributed by atoms with Gasteiger partial charge in [-0.2, -0.15) is 0 Å². The molecule has 0 aliphatic carbocycles. The quantitative estimate of drug-likeness (QED) is 0.861. The third kappa shape index (κ3) is 2.97. The summed E-state index contributed by atoms with van der Waals surface area (Å²) in [5.74, 6) is -0.860. The fourth-order valence-electron chi connectivity index (χ4n) is 3.71. The second kappa shape index (κ2) is 6.16. The van der Waals surface area contributed by atoms with Crippen molar-refractivity contribution in [2.24, 2.45) is 0 Å². The van der Waals surface area contributed by atoms with E-state index in [9.17, 15) is 9.90 Å². The van der Waals surface area contributed by atoms with Gasteiger partial charge in [-0.1, -0.05) is 30.3 Å². The van der Waals surface area contributed by atoms with Crippen molar-refractivity contribution in [2.45, 2.75) is 49.8 Å². The Kier molecular flexibility index (Phi) is 4.27. The van der Waals surface area contributed by atoms with Gasteiger partial charge in [0.25, 0.3) is 0 Å². The normalized spacial score (nSPS) is 30.1. The lowest BCUT2D eigenvalue weighted by molar-refractivity contribution is -0.155. The fraction of sp³-hybridized carbons (Fsp3) is 0.588. The summed E-state index contributed by atoms with van der Waals surface area (Å²) in [7, 11) is 2.17. The number of hydrogen-bond acceptors (Lipinski definition) is 4. The molecule has 2 aliphatic heterocycles. The van der Waals surface area contributed by atoms with Crippen LogP contribution in [0.3, 0.4) is 0 Å². The van der Waals surface area contributed by atoms with Crippen molar-refractivity contribution in [3.63, 3.8) is 0 Å². The average Bonchev–Trinajstić information content (AvgIpc) is 2.72. The minimum Gasteiger partial charge on any atom is -0.462 e. The van der Waals surface area contributed by atoms with Crippen LogP contribution in [0.1, 0.15) is 37.2 Å². The Hall–Kier alpha value is -1.39. The van der Waals surface area contributed by atoms with E-state index in [1.807, 2.05) is 30.3 Å². The molecule has 0 aromatic heterocycles. The SMILES string of the molecule is CN1[C@@H]2CC[C@H]1CC(O[14C](=O)[C@H](CO)c1ccccc1)C2. The van der Waals surface area contributed by atoms with Gasteiger partial charge in [-0.25, -0.2) is 0 Å². The molecule has 1 N–H and O–H groups in total. The van der Waals surface area contributed by atoms with Gasteiger partial charge in [-0.15, -0.1) is 0 Å². The molecule has 4 heteroatoms. The molecule has 2 aliphatic rings. The van der Waals surface area contributed by atoms with Gasteiger partial charge in [-0.3, -0.25) is 4.79 Å². The van der Waals surface area contributed by atoms with Crippen LogP contribution in [-0.2, 0) is 9.53 Å². The van der Waals surface area contributed by atoms with E-state index < -0.39 is 5.92 Å². The molecule has 1 unspecified atom stereocenters. The molecule has 114 valence electrons. The summed E-state index contributed by atoms with van der Waals surface area (Å²) in [4.78, 5) is 14.8. The zero-order valence-corrected chi connectivity index (χ0v) is 12.4. The number of carbonyl (C=O) groups excluding carboxylic acids is 1. The molecule has 0 saturated carbocycles. The molecule has 2 fully saturated rings. The highest BCUT2D eigenvalue weighted by Crippen LogP contribution is 2.36. The Morgan fingerprint density at radius 3 is 2.48 bits per heavy atom. The predicted octanol–water partition coefficient (Wildman–Crippen LogP) is 1.93. The first-order chi connectivity index (χ1) is 10.2. The van der Waals surface area contributed by atoms with E-state index in [-0.39, 0.29) is 18.7 Å². The first-order valence-corrected chi connectivity index (χ1v) is 7.77. The van der Waals surface area contributed by atoms with Gasteiger partial charge in [-0.05, 0) is 38.3 Å². The van der Waals surface area contributed by atoms with E-state index in [1.165, 1.54) is 12.8 Å². The zero-order valence-electron chi connectivity index (χ0n) is 12.4. The number of benzene rings is 1. The van der Waals surface area contributed by atoms with Gasteiger partial charge in [0.2, 0.25) is 0 Å². The van der Waals surface area contributed by atoms with Crippen molar-refractivity contribution >= 4 is 5.97 Å². The average molecular weight is 291 g/mol. The van der Waals surface area contributed by atoms with Crippen LogP contribution in [0.5, 0.6) is 0 Å². The topological polar surface area (TPSA) is 49.8 Å². The highest BCUT2D eigenvalue weighted by atomic mass is 16.8. The van der Waals surface area contributed by atoms with Crippen molar-refractivity contribution in [1.29, 1.82) is 0 Å². The molecule has 0 radical (unpaired) electrons. The molecule has 4 atom stereocenters. The Morgan fingerprint density at radius 2 is 1.90 bits per heavy atom. The zero-order chi connectivity index (χ0) is 14.8. The molecule has 2 heterocycles. The van der Waals surface area contributed by atoms with Gasteiger partial charge in [0, 0.05) is 12.1 Å². The maximum absolute atomic E-state index is 12.4. The van der Waals surface area contributed by atoms with Gasteiger partial charge >= 0.3 is 5.97 Å². The second-order valence-electron chi connectivity index (χ2n) is 6.23. The van der Waals surface area contributed by atoms with Crippen molar-refractivity contribution in [3.8, 4) is 0 Å². The fourth-order valence-corrected chi connectivity index (χ4v) is 3.71. The smallest absolute Gasteiger partial charge is 0.316 e. The molecule has 1 aromatic rings. The van der Waals surface area contributed by atoms with E-state index in [2.05, 4.69) is 11.9 Å². The highest BCUT2D eigenvalue weighted by molar-refractivity contribution is 5.78. The largest absolute Gasteiger partial charge is 0.462 e. The summed E-state index contributed by atoms with van der Waals surface area (Å²) in [5, 5.41) is 9.53. The van der Waals surface area contributed by atoms with Crippen LogP contribution in [-0.4, -0.2) is 47.8 Å². The molecule has 21 heavy (non-hydrogen) atoms. The minimum atomic E-state index is -0.566. The minimum absolute atomic E-state index is 0.00367. The van der Waals surface area contributed by atoms with Gasteiger partial charge < -0.3 is 14.7 Å². The summed E-state index contributed by atoms with van der Waals surface area (Å²) >= 11 is 0. The number of rotatable bonds is 4. The molecule has 2 bridgehead atoms. The van der Waals surface area contributed by atoms with Crippen molar-refractivity contribution in [1.82, 2.24) is 4.90 Å². The van der Waals surface area contributed by atoms with Crippen molar-refractivity contribution in [2.75, 3.05) is 13.7 Å². The van der Waals surface area contributed by atoms with Crippen LogP contribution in [0.2, 0.25) is 0 Å². The van der Waals surface area contributed by atoms with Gasteiger partial charge in [0.1, 0.15) is 12.0 Å². The number of esters is 1. The molecule has 4 nitrogen and oxygen atoms in total. The summed E-state index contributed by atoms with van der Waals surface area (Å²) in [6.45, 7) is -0.206. The van der Waals surface area contributed by atoms with Crippen LogP contribution >= 0.6 is 0 Å². The van der Waals surface area contributed by atoms with Crippen LogP contribution < -0.4 is 0 Å². The van der Waals surface area contributed by atoms with Crippen molar-refractivity contribution in [3.05, 3.63) is 35.9 Å². The maximum atomic E-state index is 12.4. The Bertz CT molecular complexity index is 476. The first kappa shape index (κ1) is 14.5. The highest BCUT2D eigenvalue weighted by Gasteiger charge is 2.40. The number of nitrogens with zero attached hydrogens (tertiary/aromatic N) is 1. The molecule has 0 amide bonds. The lowest BCUT2D eigenvalue weighted by Crippen LogP contribution is -2.43. The Morgan fingerprint density at radius 1 is 1.29 bits per heavy atom. The van der Waals surface area contributed by atoms with E-state index >= 15 is 0 Å². The lowest BCUT2D eigenvalue weighted by Gasteiger charge is -2.36. The number of aliphatic hydroxyl groups is 1. The number of ether oxygens (including phenoxy) is 1. The number of aliphatic hydroxyl groups excluding tert-OH is 1. The third-order valence-corrected chi connectivity index (χ3v) is 5.01. The van der Waals surface area contributed by atoms with Crippen LogP contribution in [0.15, 0.2) is 30.3 Å². The third-order valence-electron chi connectivity index (χ3n) is 5.01. The maximum Gasteiger partial charge on any atom is 0.316 e. The molecule has 0 spiro atoms. The monoisotopic (exact) mass is 291 g/mol.